The van der Waals surface area contributed by atoms with E-state index in [2.05, 4.69) is 18.7 Å². The summed E-state index contributed by atoms with van der Waals surface area (Å²) in [6.07, 6.45) is 4.40. The molecule has 0 bridgehead atoms. The summed E-state index contributed by atoms with van der Waals surface area (Å²) >= 11 is 0. The van der Waals surface area contributed by atoms with Crippen molar-refractivity contribution in [2.75, 3.05) is 13.2 Å². The summed E-state index contributed by atoms with van der Waals surface area (Å²) in [6, 6.07) is 0.577. The van der Waals surface area contributed by atoms with Crippen molar-refractivity contribution in [3.8, 4) is 0 Å². The molecule has 3 atom stereocenters. The first-order valence-corrected chi connectivity index (χ1v) is 6.08. The van der Waals surface area contributed by atoms with Gasteiger partial charge in [-0.2, -0.15) is 0 Å². The third-order valence-electron chi connectivity index (χ3n) is 3.58. The summed E-state index contributed by atoms with van der Waals surface area (Å²) in [6.45, 7) is 5.93. The molecule has 1 saturated carbocycles. The molecule has 0 N–H and O–H groups in total. The van der Waals surface area contributed by atoms with E-state index in [0.29, 0.717) is 11.8 Å². The number of Topliss-reactive ketones (excluding diaryl/α,β-unsaturated/α-hetero) is 1. The minimum atomic E-state index is 0.181. The molecule has 3 unspecified atom stereocenters. The van der Waals surface area contributed by atoms with Gasteiger partial charge in [-0.3, -0.25) is 9.69 Å². The maximum atomic E-state index is 11.9. The molecular formula is C12H21NO2. The Labute approximate surface area is 91.8 Å². The first kappa shape index (κ1) is 11.1. The van der Waals surface area contributed by atoms with Gasteiger partial charge in [0.05, 0.1) is 18.8 Å². The van der Waals surface area contributed by atoms with Gasteiger partial charge in [-0.1, -0.05) is 6.42 Å². The van der Waals surface area contributed by atoms with Crippen LogP contribution in [0, 0.1) is 0 Å². The fraction of sp³-hybridized carbons (Fsp3) is 0.917. The van der Waals surface area contributed by atoms with E-state index in [9.17, 15) is 4.79 Å². The Morgan fingerprint density at radius 2 is 2.13 bits per heavy atom. The van der Waals surface area contributed by atoms with Gasteiger partial charge in [0.25, 0.3) is 0 Å². The van der Waals surface area contributed by atoms with E-state index in [0.717, 1.165) is 32.4 Å². The van der Waals surface area contributed by atoms with Crippen LogP contribution >= 0.6 is 0 Å². The third-order valence-corrected chi connectivity index (χ3v) is 3.58. The molecule has 0 amide bonds. The molecule has 0 aromatic heterocycles. The Morgan fingerprint density at radius 3 is 2.87 bits per heavy atom. The van der Waals surface area contributed by atoms with Crippen molar-refractivity contribution < 1.29 is 9.53 Å². The average molecular weight is 211 g/mol. The average Bonchev–Trinajstić information content (AvgIpc) is 2.23. The lowest BCUT2D eigenvalue weighted by Crippen LogP contribution is -2.55. The lowest BCUT2D eigenvalue weighted by atomic mass is 9.91. The topological polar surface area (TPSA) is 29.5 Å². The molecule has 3 heteroatoms. The number of morpholine rings is 1. The summed E-state index contributed by atoms with van der Waals surface area (Å²) < 4.78 is 5.59. The standard InChI is InChI=1S/C12H21NO2/c1-9-8-15-10(2)7-13(9)11-5-3-4-6-12(11)14/h9-11H,3-8H2,1-2H3. The van der Waals surface area contributed by atoms with Gasteiger partial charge in [-0.05, 0) is 26.7 Å². The molecule has 1 aliphatic carbocycles. The summed E-state index contributed by atoms with van der Waals surface area (Å²) in [5, 5.41) is 0. The highest BCUT2D eigenvalue weighted by Gasteiger charge is 2.34. The maximum Gasteiger partial charge on any atom is 0.149 e. The number of carbonyl (C=O) groups is 1. The van der Waals surface area contributed by atoms with Crippen molar-refractivity contribution >= 4 is 5.78 Å². The van der Waals surface area contributed by atoms with Gasteiger partial charge in [0.15, 0.2) is 0 Å². The maximum absolute atomic E-state index is 11.9. The molecule has 2 rings (SSSR count). The quantitative estimate of drug-likeness (QED) is 0.660. The fourth-order valence-corrected chi connectivity index (χ4v) is 2.68. The van der Waals surface area contributed by atoms with E-state index in [4.69, 9.17) is 4.74 Å². The van der Waals surface area contributed by atoms with Crippen LogP contribution in [0.4, 0.5) is 0 Å². The van der Waals surface area contributed by atoms with Crippen LogP contribution in [-0.2, 0) is 9.53 Å². The number of hydrogen-bond acceptors (Lipinski definition) is 3. The minimum Gasteiger partial charge on any atom is -0.376 e. The zero-order valence-corrected chi connectivity index (χ0v) is 9.74. The molecule has 86 valence electrons. The van der Waals surface area contributed by atoms with Gasteiger partial charge in [-0.15, -0.1) is 0 Å². The SMILES string of the molecule is CC1CN(C2CCCCC2=O)C(C)CO1. The predicted molar refractivity (Wildman–Crippen MR) is 58.8 cm³/mol. The molecule has 1 saturated heterocycles. The van der Waals surface area contributed by atoms with Crippen molar-refractivity contribution in [1.82, 2.24) is 4.90 Å². The van der Waals surface area contributed by atoms with Gasteiger partial charge in [0.2, 0.25) is 0 Å². The molecule has 0 aromatic rings. The molecule has 15 heavy (non-hydrogen) atoms. The van der Waals surface area contributed by atoms with E-state index in [1.165, 1.54) is 6.42 Å². The summed E-state index contributed by atoms with van der Waals surface area (Å²) in [7, 11) is 0. The van der Waals surface area contributed by atoms with E-state index < -0.39 is 0 Å². The monoisotopic (exact) mass is 211 g/mol. The van der Waals surface area contributed by atoms with Crippen LogP contribution in [0.2, 0.25) is 0 Å². The second kappa shape index (κ2) is 4.62. The Kier molecular flexibility index (Phi) is 3.42. The summed E-state index contributed by atoms with van der Waals surface area (Å²) in [5.41, 5.74) is 0. The molecule has 2 fully saturated rings. The molecule has 1 heterocycles. The molecular weight excluding hydrogens is 190 g/mol. The Balaban J connectivity index is 2.03. The first-order chi connectivity index (χ1) is 7.18. The Bertz CT molecular complexity index is 242. The minimum absolute atomic E-state index is 0.181. The van der Waals surface area contributed by atoms with Gasteiger partial charge < -0.3 is 4.74 Å². The fourth-order valence-electron chi connectivity index (χ4n) is 2.68. The number of rotatable bonds is 1. The smallest absolute Gasteiger partial charge is 0.149 e. The first-order valence-electron chi connectivity index (χ1n) is 6.08. The van der Waals surface area contributed by atoms with Crippen LogP contribution in [0.5, 0.6) is 0 Å². The molecule has 3 nitrogen and oxygen atoms in total. The van der Waals surface area contributed by atoms with Crippen LogP contribution < -0.4 is 0 Å². The second-order valence-corrected chi connectivity index (χ2v) is 4.92. The van der Waals surface area contributed by atoms with Crippen molar-refractivity contribution in [1.29, 1.82) is 0 Å². The summed E-state index contributed by atoms with van der Waals surface area (Å²) in [5.74, 6) is 0.446. The van der Waals surface area contributed by atoms with Crippen molar-refractivity contribution in [3.63, 3.8) is 0 Å². The van der Waals surface area contributed by atoms with Gasteiger partial charge in [0, 0.05) is 19.0 Å². The van der Waals surface area contributed by atoms with E-state index >= 15 is 0 Å². The number of ether oxygens (including phenoxy) is 1. The van der Waals surface area contributed by atoms with Crippen molar-refractivity contribution in [2.45, 2.75) is 57.7 Å². The van der Waals surface area contributed by atoms with E-state index in [1.54, 1.807) is 0 Å². The normalized spacial score (nSPS) is 39.3. The predicted octanol–water partition coefficient (Wildman–Crippen LogP) is 1.61. The van der Waals surface area contributed by atoms with Crippen molar-refractivity contribution in [3.05, 3.63) is 0 Å². The van der Waals surface area contributed by atoms with Crippen LogP contribution in [0.3, 0.4) is 0 Å². The molecule has 0 spiro atoms. The van der Waals surface area contributed by atoms with E-state index in [1.807, 2.05) is 0 Å². The lowest BCUT2D eigenvalue weighted by molar-refractivity contribution is -0.133. The zero-order chi connectivity index (χ0) is 10.8. The highest BCUT2D eigenvalue weighted by atomic mass is 16.5. The number of nitrogens with zero attached hydrogens (tertiary/aromatic N) is 1. The lowest BCUT2D eigenvalue weighted by Gasteiger charge is -2.42. The van der Waals surface area contributed by atoms with Crippen LogP contribution in [-0.4, -0.2) is 42.0 Å². The van der Waals surface area contributed by atoms with Crippen LogP contribution in [0.25, 0.3) is 0 Å². The van der Waals surface area contributed by atoms with Gasteiger partial charge in [0.1, 0.15) is 5.78 Å². The highest BCUT2D eigenvalue weighted by molar-refractivity contribution is 5.84. The third kappa shape index (κ3) is 2.40. The van der Waals surface area contributed by atoms with Crippen LogP contribution in [0.15, 0.2) is 0 Å². The highest BCUT2D eigenvalue weighted by Crippen LogP contribution is 2.24. The van der Waals surface area contributed by atoms with Crippen molar-refractivity contribution in [2.24, 2.45) is 0 Å². The largest absolute Gasteiger partial charge is 0.376 e. The molecule has 0 aromatic carbocycles. The Hall–Kier alpha value is -0.410. The van der Waals surface area contributed by atoms with Gasteiger partial charge >= 0.3 is 0 Å². The Morgan fingerprint density at radius 1 is 1.33 bits per heavy atom. The molecule has 0 radical (unpaired) electrons. The zero-order valence-electron chi connectivity index (χ0n) is 9.74. The van der Waals surface area contributed by atoms with Gasteiger partial charge in [-0.25, -0.2) is 0 Å². The molecule has 2 aliphatic rings. The molecule has 1 aliphatic heterocycles. The van der Waals surface area contributed by atoms with Crippen LogP contribution in [0.1, 0.15) is 39.5 Å². The number of hydrogen-bond donors (Lipinski definition) is 0. The van der Waals surface area contributed by atoms with E-state index in [-0.39, 0.29) is 12.1 Å². The number of carbonyl (C=O) groups excluding carboxylic acids is 1. The number of ketones is 1. The summed E-state index contributed by atoms with van der Waals surface area (Å²) in [4.78, 5) is 14.2. The second-order valence-electron chi connectivity index (χ2n) is 4.92.